The molecule has 9 nitrogen and oxygen atoms in total. The van der Waals surface area contributed by atoms with E-state index in [4.69, 9.17) is 34.3 Å². The summed E-state index contributed by atoms with van der Waals surface area (Å²) in [7, 11) is 0. The minimum atomic E-state index is -0.536. The van der Waals surface area contributed by atoms with E-state index in [1.54, 1.807) is 43.6 Å². The summed E-state index contributed by atoms with van der Waals surface area (Å²) < 4.78 is 16.5. The predicted molar refractivity (Wildman–Crippen MR) is 171 cm³/mol. The van der Waals surface area contributed by atoms with Crippen molar-refractivity contribution in [1.29, 1.82) is 5.41 Å². The molecule has 1 saturated heterocycles. The third kappa shape index (κ3) is 7.44. The third-order valence-electron chi connectivity index (χ3n) is 7.84. The van der Waals surface area contributed by atoms with Crippen LogP contribution in [0.2, 0.25) is 10.0 Å². The first-order valence-electron chi connectivity index (χ1n) is 14.7. The lowest BCUT2D eigenvalue weighted by Crippen LogP contribution is -2.39. The van der Waals surface area contributed by atoms with Gasteiger partial charge in [-0.25, -0.2) is 9.18 Å². The lowest BCUT2D eigenvalue weighted by Gasteiger charge is -2.31. The number of nitrogens with one attached hydrogen (secondary N) is 4. The number of aryl methyl sites for hydroxylation is 1. The molecule has 4 heterocycles. The van der Waals surface area contributed by atoms with Gasteiger partial charge in [-0.3, -0.25) is 15.0 Å². The number of amidine groups is 1. The Balaban J connectivity index is 1.38. The summed E-state index contributed by atoms with van der Waals surface area (Å²) in [4.78, 5) is 25.0. The van der Waals surface area contributed by atoms with Crippen molar-refractivity contribution in [1.82, 2.24) is 30.2 Å². The zero-order valence-electron chi connectivity index (χ0n) is 24.3. The summed E-state index contributed by atoms with van der Waals surface area (Å²) in [5, 5.41) is 15.4. The Hall–Kier alpha value is -3.31. The molecule has 3 aromatic heterocycles. The van der Waals surface area contributed by atoms with Crippen LogP contribution < -0.4 is 22.1 Å². The number of rotatable bonds is 10. The summed E-state index contributed by atoms with van der Waals surface area (Å²) in [5.41, 5.74) is 8.63. The molecule has 0 aliphatic carbocycles. The summed E-state index contributed by atoms with van der Waals surface area (Å²) in [6.45, 7) is 4.43. The minimum absolute atomic E-state index is 0.00197. The molecule has 228 valence electrons. The highest BCUT2D eigenvalue weighted by molar-refractivity contribution is 6.31. The van der Waals surface area contributed by atoms with Gasteiger partial charge >= 0.3 is 5.69 Å². The van der Waals surface area contributed by atoms with Crippen LogP contribution in [0, 0.1) is 11.2 Å². The Kier molecular flexibility index (Phi) is 9.81. The number of fused-ring (bicyclic) bond motifs is 1. The van der Waals surface area contributed by atoms with Crippen molar-refractivity contribution in [3.05, 3.63) is 74.3 Å². The van der Waals surface area contributed by atoms with Gasteiger partial charge in [0.05, 0.1) is 45.2 Å². The number of piperidine rings is 1. The summed E-state index contributed by atoms with van der Waals surface area (Å²) in [5.74, 6) is -0.0772. The Morgan fingerprint density at radius 1 is 1.26 bits per heavy atom. The van der Waals surface area contributed by atoms with Gasteiger partial charge < -0.3 is 21.4 Å². The van der Waals surface area contributed by atoms with Gasteiger partial charge in [-0.1, -0.05) is 23.2 Å². The van der Waals surface area contributed by atoms with Crippen LogP contribution in [0.5, 0.6) is 0 Å². The second-order valence-electron chi connectivity index (χ2n) is 11.4. The highest BCUT2D eigenvalue weighted by Gasteiger charge is 2.25. The van der Waals surface area contributed by atoms with E-state index in [0.29, 0.717) is 44.9 Å². The number of nitrogens with zero attached hydrogens (tertiary/aromatic N) is 3. The summed E-state index contributed by atoms with van der Waals surface area (Å²) in [6.07, 6.45) is 9.62. The molecule has 0 saturated carbocycles. The predicted octanol–water partition coefficient (Wildman–Crippen LogP) is 6.05. The first-order chi connectivity index (χ1) is 20.6. The molecule has 4 aromatic rings. The number of aromatic amines is 1. The highest BCUT2D eigenvalue weighted by Crippen LogP contribution is 2.33. The Morgan fingerprint density at radius 2 is 2.07 bits per heavy atom. The van der Waals surface area contributed by atoms with Crippen LogP contribution in [-0.2, 0) is 6.42 Å². The average molecular weight is 628 g/mol. The van der Waals surface area contributed by atoms with Crippen molar-refractivity contribution >= 4 is 40.1 Å². The summed E-state index contributed by atoms with van der Waals surface area (Å²) in [6, 6.07) is 7.29. The molecular weight excluding hydrogens is 590 g/mol. The second kappa shape index (κ2) is 13.5. The van der Waals surface area contributed by atoms with Crippen molar-refractivity contribution in [3.8, 4) is 16.9 Å². The number of benzene rings is 1. The van der Waals surface area contributed by atoms with Crippen LogP contribution in [0.25, 0.3) is 28.0 Å². The van der Waals surface area contributed by atoms with Gasteiger partial charge in [0.25, 0.3) is 0 Å². The Bertz CT molecular complexity index is 1680. The van der Waals surface area contributed by atoms with E-state index in [1.165, 1.54) is 4.57 Å². The molecule has 43 heavy (non-hydrogen) atoms. The number of pyridine rings is 1. The first kappa shape index (κ1) is 31.1. The van der Waals surface area contributed by atoms with Crippen molar-refractivity contribution in [2.75, 3.05) is 6.54 Å². The molecule has 12 heteroatoms. The van der Waals surface area contributed by atoms with E-state index in [-0.39, 0.29) is 17.1 Å². The maximum Gasteiger partial charge on any atom is 0.354 e. The van der Waals surface area contributed by atoms with Gasteiger partial charge in [0.15, 0.2) is 5.82 Å². The van der Waals surface area contributed by atoms with Crippen LogP contribution >= 0.6 is 23.2 Å². The zero-order chi connectivity index (χ0) is 30.7. The largest absolute Gasteiger partial charge is 0.374 e. The number of hydrogen-bond donors (Lipinski definition) is 5. The van der Waals surface area contributed by atoms with Gasteiger partial charge in [0, 0.05) is 35.8 Å². The van der Waals surface area contributed by atoms with Crippen molar-refractivity contribution in [2.45, 2.75) is 76.9 Å². The molecule has 0 unspecified atom stereocenters. The maximum atomic E-state index is 15.1. The number of halogens is 3. The van der Waals surface area contributed by atoms with Crippen LogP contribution in [0.15, 0.2) is 41.5 Å². The minimum Gasteiger partial charge on any atom is -0.374 e. The van der Waals surface area contributed by atoms with Crippen molar-refractivity contribution in [2.24, 2.45) is 5.73 Å². The Labute approximate surface area is 259 Å². The molecule has 0 spiro atoms. The molecule has 3 atom stereocenters. The summed E-state index contributed by atoms with van der Waals surface area (Å²) >= 11 is 13.0. The van der Waals surface area contributed by atoms with E-state index in [0.717, 1.165) is 62.7 Å². The van der Waals surface area contributed by atoms with Crippen LogP contribution in [0.4, 0.5) is 4.39 Å². The third-order valence-corrected chi connectivity index (χ3v) is 8.42. The van der Waals surface area contributed by atoms with E-state index in [2.05, 4.69) is 25.6 Å². The molecule has 1 aliphatic heterocycles. The van der Waals surface area contributed by atoms with E-state index in [1.807, 2.05) is 6.92 Å². The van der Waals surface area contributed by atoms with Crippen molar-refractivity contribution in [3.63, 3.8) is 0 Å². The molecule has 1 aliphatic rings. The van der Waals surface area contributed by atoms with Gasteiger partial charge in [-0.15, -0.1) is 0 Å². The van der Waals surface area contributed by atoms with Gasteiger partial charge in [0.2, 0.25) is 0 Å². The van der Waals surface area contributed by atoms with E-state index >= 15 is 4.39 Å². The zero-order valence-corrected chi connectivity index (χ0v) is 25.8. The number of aromatic nitrogens is 4. The molecule has 0 bridgehead atoms. The SMILES string of the molecule is CC(=N)NCC[C@@H]1CCC[C@@H](c2ncc(-n3cc4cc(-c5cc(CCC[C@H](C)N)cc(Cl)c5F)[nH]c4nc3=O)cc2Cl)N1. The van der Waals surface area contributed by atoms with Crippen LogP contribution in [-0.4, -0.2) is 44.0 Å². The average Bonchev–Trinajstić information content (AvgIpc) is 3.36. The molecule has 0 radical (unpaired) electrons. The number of H-pyrrole nitrogens is 1. The monoisotopic (exact) mass is 626 g/mol. The first-order valence-corrected chi connectivity index (χ1v) is 15.4. The van der Waals surface area contributed by atoms with Gasteiger partial charge in [0.1, 0.15) is 5.65 Å². The quantitative estimate of drug-likeness (QED) is 0.107. The van der Waals surface area contributed by atoms with E-state index < -0.39 is 11.5 Å². The second-order valence-corrected chi connectivity index (χ2v) is 12.3. The lowest BCUT2D eigenvalue weighted by atomic mass is 9.94. The van der Waals surface area contributed by atoms with Crippen molar-refractivity contribution < 1.29 is 4.39 Å². The molecule has 1 aromatic carbocycles. The van der Waals surface area contributed by atoms with Crippen LogP contribution in [0.3, 0.4) is 0 Å². The topological polar surface area (TPSA) is 138 Å². The van der Waals surface area contributed by atoms with Crippen LogP contribution in [0.1, 0.15) is 69.7 Å². The van der Waals surface area contributed by atoms with Gasteiger partial charge in [-0.2, -0.15) is 4.98 Å². The standard InChI is InChI=1S/C31H37Cl2FN8O/c1-17(35)5-3-6-19-11-23(28(34)24(32)12-19)27-13-20-16-42(31(43)41-30(20)40-27)22-14-25(33)29(38-15-22)26-8-4-7-21(39-26)9-10-37-18(2)36/h11-17,21,26,39H,3-10,35H2,1-2H3,(H2,36,37)(H,40,41,43)/t17-,21-,26-/m0/s1. The number of nitrogens with two attached hydrogens (primary N) is 1. The normalized spacial score (nSPS) is 17.7. The highest BCUT2D eigenvalue weighted by atomic mass is 35.5. The lowest BCUT2D eigenvalue weighted by molar-refractivity contribution is 0.308. The van der Waals surface area contributed by atoms with E-state index in [9.17, 15) is 4.79 Å². The fourth-order valence-electron chi connectivity index (χ4n) is 5.66. The van der Waals surface area contributed by atoms with Gasteiger partial charge in [-0.05, 0) is 88.6 Å². The molecule has 0 amide bonds. The molecular formula is C31H37Cl2FN8O. The smallest absolute Gasteiger partial charge is 0.354 e. The fraction of sp³-hybridized carbons (Fsp3) is 0.419. The number of hydrogen-bond acceptors (Lipinski definition) is 6. The molecule has 1 fully saturated rings. The fourth-order valence-corrected chi connectivity index (χ4v) is 6.20. The Morgan fingerprint density at radius 3 is 2.81 bits per heavy atom. The maximum absolute atomic E-state index is 15.1. The molecule has 6 N–H and O–H groups in total. The molecule has 5 rings (SSSR count).